The Morgan fingerprint density at radius 1 is 1.38 bits per heavy atom. The average molecular weight is 217 g/mol. The summed E-state index contributed by atoms with van der Waals surface area (Å²) < 4.78 is 0. The van der Waals surface area contributed by atoms with E-state index in [1.165, 1.54) is 0 Å². The molecule has 0 saturated heterocycles. The smallest absolute Gasteiger partial charge is 0.186 e. The SMILES string of the molecule is Cc1[nH]nc2nc(CCl)nc(Cl)c12. The van der Waals surface area contributed by atoms with Crippen LogP contribution in [0.5, 0.6) is 0 Å². The summed E-state index contributed by atoms with van der Waals surface area (Å²) in [5.41, 5.74) is 1.43. The minimum absolute atomic E-state index is 0.238. The molecule has 0 saturated carbocycles. The molecule has 2 aromatic heterocycles. The van der Waals surface area contributed by atoms with Crippen LogP contribution < -0.4 is 0 Å². The van der Waals surface area contributed by atoms with Gasteiger partial charge in [0, 0.05) is 5.69 Å². The number of aromatic amines is 1. The van der Waals surface area contributed by atoms with Crippen LogP contribution in [0.1, 0.15) is 11.5 Å². The zero-order chi connectivity index (χ0) is 9.42. The molecule has 13 heavy (non-hydrogen) atoms. The van der Waals surface area contributed by atoms with Crippen molar-refractivity contribution < 1.29 is 0 Å². The van der Waals surface area contributed by atoms with E-state index in [1.807, 2.05) is 6.92 Å². The molecular formula is C7H6Cl2N4. The van der Waals surface area contributed by atoms with Gasteiger partial charge in [0.25, 0.3) is 0 Å². The van der Waals surface area contributed by atoms with Crippen molar-refractivity contribution in [3.63, 3.8) is 0 Å². The number of hydrogen-bond donors (Lipinski definition) is 1. The molecule has 0 amide bonds. The molecule has 68 valence electrons. The molecule has 0 aromatic carbocycles. The third kappa shape index (κ3) is 1.36. The van der Waals surface area contributed by atoms with Crippen molar-refractivity contribution in [2.75, 3.05) is 0 Å². The van der Waals surface area contributed by atoms with E-state index in [0.717, 1.165) is 11.1 Å². The summed E-state index contributed by atoms with van der Waals surface area (Å²) in [6, 6.07) is 0. The molecule has 0 unspecified atom stereocenters. The summed E-state index contributed by atoms with van der Waals surface area (Å²) in [4.78, 5) is 8.12. The maximum atomic E-state index is 5.92. The quantitative estimate of drug-likeness (QED) is 0.587. The van der Waals surface area contributed by atoms with Crippen molar-refractivity contribution in [2.45, 2.75) is 12.8 Å². The molecule has 0 fully saturated rings. The van der Waals surface area contributed by atoms with Crippen molar-refractivity contribution in [1.29, 1.82) is 0 Å². The van der Waals surface area contributed by atoms with Gasteiger partial charge in [-0.15, -0.1) is 11.6 Å². The van der Waals surface area contributed by atoms with Gasteiger partial charge in [0.05, 0.1) is 11.3 Å². The predicted octanol–water partition coefficient (Wildman–Crippen LogP) is 2.05. The van der Waals surface area contributed by atoms with Crippen LogP contribution >= 0.6 is 23.2 Å². The van der Waals surface area contributed by atoms with Crippen LogP contribution in [-0.2, 0) is 5.88 Å². The highest BCUT2D eigenvalue weighted by molar-refractivity contribution is 6.34. The molecule has 0 bridgehead atoms. The Labute approximate surface area is 84.3 Å². The number of fused-ring (bicyclic) bond motifs is 1. The Balaban J connectivity index is 2.79. The van der Waals surface area contributed by atoms with Gasteiger partial charge in [0.2, 0.25) is 0 Å². The molecule has 4 nitrogen and oxygen atoms in total. The second kappa shape index (κ2) is 3.12. The van der Waals surface area contributed by atoms with E-state index in [2.05, 4.69) is 20.2 Å². The van der Waals surface area contributed by atoms with Crippen LogP contribution in [0.4, 0.5) is 0 Å². The Morgan fingerprint density at radius 2 is 2.15 bits per heavy atom. The standard InChI is InChI=1S/C7H6Cl2N4/c1-3-5-6(9)10-4(2-8)11-7(5)13-12-3/h2H2,1H3,(H,10,11,12,13). The molecule has 2 aromatic rings. The molecule has 0 radical (unpaired) electrons. The lowest BCUT2D eigenvalue weighted by Crippen LogP contribution is -1.92. The molecule has 0 aliphatic rings. The number of rotatable bonds is 1. The Morgan fingerprint density at radius 3 is 2.85 bits per heavy atom. The molecule has 0 atom stereocenters. The zero-order valence-electron chi connectivity index (χ0n) is 6.80. The van der Waals surface area contributed by atoms with Crippen molar-refractivity contribution in [1.82, 2.24) is 20.2 Å². The number of nitrogens with zero attached hydrogens (tertiary/aromatic N) is 3. The van der Waals surface area contributed by atoms with Gasteiger partial charge in [-0.3, -0.25) is 5.10 Å². The normalized spacial score (nSPS) is 11.0. The number of aromatic nitrogens is 4. The van der Waals surface area contributed by atoms with Gasteiger partial charge >= 0.3 is 0 Å². The van der Waals surface area contributed by atoms with E-state index >= 15 is 0 Å². The van der Waals surface area contributed by atoms with E-state index in [0.29, 0.717) is 16.6 Å². The number of alkyl halides is 1. The first-order chi connectivity index (χ1) is 6.22. The average Bonchev–Trinajstić information content (AvgIpc) is 2.48. The minimum atomic E-state index is 0.238. The molecule has 1 N–H and O–H groups in total. The molecular weight excluding hydrogens is 211 g/mol. The summed E-state index contributed by atoms with van der Waals surface area (Å²) in [7, 11) is 0. The highest BCUT2D eigenvalue weighted by Crippen LogP contribution is 2.21. The zero-order valence-corrected chi connectivity index (χ0v) is 8.32. The van der Waals surface area contributed by atoms with Gasteiger partial charge in [0.15, 0.2) is 5.65 Å². The second-order valence-electron chi connectivity index (χ2n) is 2.61. The van der Waals surface area contributed by atoms with Gasteiger partial charge < -0.3 is 0 Å². The van der Waals surface area contributed by atoms with Gasteiger partial charge in [-0.1, -0.05) is 11.6 Å². The Kier molecular flexibility index (Phi) is 2.09. The molecule has 0 spiro atoms. The predicted molar refractivity (Wildman–Crippen MR) is 51.0 cm³/mol. The fourth-order valence-corrected chi connectivity index (χ4v) is 1.56. The molecule has 2 heterocycles. The second-order valence-corrected chi connectivity index (χ2v) is 3.24. The lowest BCUT2D eigenvalue weighted by atomic mass is 10.3. The van der Waals surface area contributed by atoms with Crippen LogP contribution in [0.25, 0.3) is 11.0 Å². The van der Waals surface area contributed by atoms with Crippen molar-refractivity contribution >= 4 is 34.2 Å². The lowest BCUT2D eigenvalue weighted by molar-refractivity contribution is 1.02. The highest BCUT2D eigenvalue weighted by atomic mass is 35.5. The van der Waals surface area contributed by atoms with Crippen LogP contribution in [0.2, 0.25) is 5.15 Å². The first-order valence-corrected chi connectivity index (χ1v) is 4.56. The first kappa shape index (κ1) is 8.72. The largest absolute Gasteiger partial charge is 0.280 e. The van der Waals surface area contributed by atoms with E-state index in [4.69, 9.17) is 23.2 Å². The number of nitrogens with one attached hydrogen (secondary N) is 1. The summed E-state index contributed by atoms with van der Waals surface area (Å²) in [6.07, 6.45) is 0. The summed E-state index contributed by atoms with van der Waals surface area (Å²) in [5, 5.41) is 7.91. The number of H-pyrrole nitrogens is 1. The van der Waals surface area contributed by atoms with Gasteiger partial charge in [0.1, 0.15) is 11.0 Å². The van der Waals surface area contributed by atoms with Gasteiger partial charge in [-0.2, -0.15) is 5.10 Å². The highest BCUT2D eigenvalue weighted by Gasteiger charge is 2.10. The monoisotopic (exact) mass is 216 g/mol. The minimum Gasteiger partial charge on any atom is -0.280 e. The summed E-state index contributed by atoms with van der Waals surface area (Å²) in [6.45, 7) is 1.87. The molecule has 0 aliphatic heterocycles. The van der Waals surface area contributed by atoms with E-state index < -0.39 is 0 Å². The molecule has 2 rings (SSSR count). The van der Waals surface area contributed by atoms with Crippen LogP contribution in [0.15, 0.2) is 0 Å². The topological polar surface area (TPSA) is 54.5 Å². The van der Waals surface area contributed by atoms with E-state index in [9.17, 15) is 0 Å². The number of aryl methyl sites for hydroxylation is 1. The fourth-order valence-electron chi connectivity index (χ4n) is 1.12. The van der Waals surface area contributed by atoms with Crippen LogP contribution in [-0.4, -0.2) is 20.2 Å². The van der Waals surface area contributed by atoms with Crippen LogP contribution in [0, 0.1) is 6.92 Å². The van der Waals surface area contributed by atoms with Crippen LogP contribution in [0.3, 0.4) is 0 Å². The maximum Gasteiger partial charge on any atom is 0.186 e. The van der Waals surface area contributed by atoms with Crippen molar-refractivity contribution in [3.8, 4) is 0 Å². The molecule has 6 heteroatoms. The number of halogens is 2. The van der Waals surface area contributed by atoms with Gasteiger partial charge in [-0.05, 0) is 6.92 Å². The number of hydrogen-bond acceptors (Lipinski definition) is 3. The lowest BCUT2D eigenvalue weighted by Gasteiger charge is -1.96. The third-order valence-electron chi connectivity index (χ3n) is 1.72. The van der Waals surface area contributed by atoms with Gasteiger partial charge in [-0.25, -0.2) is 9.97 Å². The van der Waals surface area contributed by atoms with E-state index in [1.54, 1.807) is 0 Å². The van der Waals surface area contributed by atoms with Crippen molar-refractivity contribution in [2.24, 2.45) is 0 Å². The maximum absolute atomic E-state index is 5.92. The Bertz CT molecular complexity index is 451. The third-order valence-corrected chi connectivity index (χ3v) is 2.23. The summed E-state index contributed by atoms with van der Waals surface area (Å²) in [5.74, 6) is 0.729. The van der Waals surface area contributed by atoms with Crippen molar-refractivity contribution in [3.05, 3.63) is 16.7 Å². The first-order valence-electron chi connectivity index (χ1n) is 3.65. The fraction of sp³-hybridized carbons (Fsp3) is 0.286. The van der Waals surface area contributed by atoms with E-state index in [-0.39, 0.29) is 5.88 Å². The molecule has 0 aliphatic carbocycles. The Hall–Kier alpha value is -0.870. The summed E-state index contributed by atoms with van der Waals surface area (Å²) >= 11 is 11.5.